The van der Waals surface area contributed by atoms with Gasteiger partial charge in [0.2, 0.25) is 0 Å². The first-order valence-electron chi connectivity index (χ1n) is 9.80. The van der Waals surface area contributed by atoms with E-state index >= 15 is 0 Å². The topological polar surface area (TPSA) is 84.7 Å². The van der Waals surface area contributed by atoms with Crippen molar-refractivity contribution in [2.24, 2.45) is 5.92 Å². The number of cyclic esters (lactones) is 1. The van der Waals surface area contributed by atoms with Crippen LogP contribution in [0.15, 0.2) is 30.7 Å². The number of carbonyl (C=O) groups excluding carboxylic acids is 1. The standard InChI is InChI=1S/C21H25ClIN3O4/c1-12(2)4-19-21(29)30-13(3)26(19)18(20(27)28)8-17-9-24-11-25(17)10-14-5-15(22)7-16(23)6-14/h5-7,9,11-13,18-19H,4,8,10H2,1-3H3,(H,27,28). The summed E-state index contributed by atoms with van der Waals surface area (Å²) in [5.74, 6) is -1.11. The summed E-state index contributed by atoms with van der Waals surface area (Å²) in [5, 5.41) is 10.6. The van der Waals surface area contributed by atoms with E-state index in [-0.39, 0.29) is 18.3 Å². The number of benzene rings is 1. The minimum absolute atomic E-state index is 0.211. The fraction of sp³-hybridized carbons (Fsp3) is 0.476. The van der Waals surface area contributed by atoms with E-state index in [9.17, 15) is 14.7 Å². The normalized spacial score (nSPS) is 20.5. The Morgan fingerprint density at radius 2 is 2.10 bits per heavy atom. The van der Waals surface area contributed by atoms with Gasteiger partial charge in [-0.1, -0.05) is 25.4 Å². The highest BCUT2D eigenvalue weighted by molar-refractivity contribution is 14.1. The summed E-state index contributed by atoms with van der Waals surface area (Å²) >= 11 is 8.38. The number of hydrogen-bond acceptors (Lipinski definition) is 5. The van der Waals surface area contributed by atoms with E-state index in [1.165, 1.54) is 0 Å². The van der Waals surface area contributed by atoms with Gasteiger partial charge in [-0.2, -0.15) is 0 Å². The molecule has 1 aliphatic heterocycles. The van der Waals surface area contributed by atoms with E-state index < -0.39 is 24.3 Å². The van der Waals surface area contributed by atoms with Crippen molar-refractivity contribution in [3.8, 4) is 0 Å². The van der Waals surface area contributed by atoms with E-state index in [2.05, 4.69) is 27.6 Å². The maximum absolute atomic E-state index is 12.3. The van der Waals surface area contributed by atoms with Crippen molar-refractivity contribution < 1.29 is 19.4 Å². The number of carboxylic acid groups (broad SMARTS) is 1. The Kier molecular flexibility index (Phi) is 7.41. The van der Waals surface area contributed by atoms with Crippen molar-refractivity contribution in [2.45, 2.75) is 58.5 Å². The van der Waals surface area contributed by atoms with Gasteiger partial charge in [-0.05, 0) is 65.6 Å². The number of ether oxygens (including phenoxy) is 1. The van der Waals surface area contributed by atoms with Gasteiger partial charge in [-0.3, -0.25) is 9.59 Å². The molecule has 1 aromatic heterocycles. The van der Waals surface area contributed by atoms with Crippen LogP contribution in [0.4, 0.5) is 0 Å². The highest BCUT2D eigenvalue weighted by atomic mass is 127. The third kappa shape index (κ3) is 5.33. The average Bonchev–Trinajstić information content (AvgIpc) is 3.15. The van der Waals surface area contributed by atoms with Crippen LogP contribution in [0.2, 0.25) is 5.02 Å². The Balaban J connectivity index is 1.85. The number of aromatic nitrogens is 2. The van der Waals surface area contributed by atoms with Crippen LogP contribution in [0.3, 0.4) is 0 Å². The van der Waals surface area contributed by atoms with E-state index in [1.807, 2.05) is 36.6 Å². The van der Waals surface area contributed by atoms with E-state index in [4.69, 9.17) is 16.3 Å². The molecule has 1 aliphatic rings. The summed E-state index contributed by atoms with van der Waals surface area (Å²) < 4.78 is 8.32. The van der Waals surface area contributed by atoms with Crippen LogP contribution in [0.1, 0.15) is 38.4 Å². The van der Waals surface area contributed by atoms with Crippen molar-refractivity contribution in [1.29, 1.82) is 0 Å². The SMILES string of the molecule is CC(C)CC1C(=O)OC(C)N1C(Cc1cncn1Cc1cc(Cl)cc(I)c1)C(=O)O. The quantitative estimate of drug-likeness (QED) is 0.401. The first kappa shape index (κ1) is 23.0. The second-order valence-electron chi connectivity index (χ2n) is 7.98. The maximum Gasteiger partial charge on any atom is 0.325 e. The number of aliphatic carboxylic acids is 1. The summed E-state index contributed by atoms with van der Waals surface area (Å²) in [4.78, 5) is 30.4. The Hall–Kier alpha value is -1.65. The number of halogens is 2. The fourth-order valence-electron chi connectivity index (χ4n) is 3.90. The molecule has 0 saturated carbocycles. The lowest BCUT2D eigenvalue weighted by Crippen LogP contribution is -2.50. The van der Waals surface area contributed by atoms with Crippen LogP contribution in [0.25, 0.3) is 0 Å². The molecule has 1 saturated heterocycles. The van der Waals surface area contributed by atoms with Gasteiger partial charge in [0.25, 0.3) is 0 Å². The van der Waals surface area contributed by atoms with Crippen molar-refractivity contribution >= 4 is 46.1 Å². The Bertz CT molecular complexity index is 912. The largest absolute Gasteiger partial charge is 0.480 e. The molecule has 1 N–H and O–H groups in total. The zero-order valence-electron chi connectivity index (χ0n) is 17.1. The Morgan fingerprint density at radius 1 is 1.37 bits per heavy atom. The molecule has 9 heteroatoms. The third-order valence-corrected chi connectivity index (χ3v) is 6.00. The van der Waals surface area contributed by atoms with Crippen LogP contribution < -0.4 is 0 Å². The lowest BCUT2D eigenvalue weighted by atomic mass is 10.00. The molecule has 2 aromatic rings. The highest BCUT2D eigenvalue weighted by Crippen LogP contribution is 2.28. The molecule has 0 amide bonds. The molecule has 3 unspecified atom stereocenters. The average molecular weight is 546 g/mol. The molecule has 0 radical (unpaired) electrons. The summed E-state index contributed by atoms with van der Waals surface area (Å²) in [6, 6.07) is 4.33. The molecule has 2 heterocycles. The number of carboxylic acids is 1. The van der Waals surface area contributed by atoms with Gasteiger partial charge in [-0.15, -0.1) is 0 Å². The zero-order chi connectivity index (χ0) is 22.0. The number of rotatable bonds is 8. The van der Waals surface area contributed by atoms with Gasteiger partial charge in [0.15, 0.2) is 6.23 Å². The number of hydrogen-bond donors (Lipinski definition) is 1. The Labute approximate surface area is 194 Å². The minimum atomic E-state index is -0.987. The first-order chi connectivity index (χ1) is 14.2. The van der Waals surface area contributed by atoms with Crippen LogP contribution in [0.5, 0.6) is 0 Å². The molecule has 1 fully saturated rings. The van der Waals surface area contributed by atoms with Crippen LogP contribution in [-0.4, -0.2) is 49.8 Å². The van der Waals surface area contributed by atoms with Gasteiger partial charge in [-0.25, -0.2) is 9.88 Å². The van der Waals surface area contributed by atoms with Crippen LogP contribution in [0, 0.1) is 9.49 Å². The van der Waals surface area contributed by atoms with Gasteiger partial charge in [0.1, 0.15) is 12.1 Å². The Morgan fingerprint density at radius 3 is 2.73 bits per heavy atom. The van der Waals surface area contributed by atoms with Gasteiger partial charge >= 0.3 is 11.9 Å². The van der Waals surface area contributed by atoms with Crippen molar-refractivity contribution in [3.63, 3.8) is 0 Å². The van der Waals surface area contributed by atoms with Crippen molar-refractivity contribution in [2.75, 3.05) is 0 Å². The van der Waals surface area contributed by atoms with E-state index in [1.54, 1.807) is 24.3 Å². The lowest BCUT2D eigenvalue weighted by Gasteiger charge is -2.30. The third-order valence-electron chi connectivity index (χ3n) is 5.15. The number of esters is 1. The molecular formula is C21H25ClIN3O4. The maximum atomic E-state index is 12.3. The molecule has 0 spiro atoms. The lowest BCUT2D eigenvalue weighted by molar-refractivity contribution is -0.147. The monoisotopic (exact) mass is 545 g/mol. The van der Waals surface area contributed by atoms with Gasteiger partial charge in [0.05, 0.1) is 6.33 Å². The van der Waals surface area contributed by atoms with Crippen LogP contribution >= 0.6 is 34.2 Å². The molecule has 3 rings (SSSR count). The number of nitrogens with zero attached hydrogens (tertiary/aromatic N) is 3. The molecule has 3 atom stereocenters. The zero-order valence-corrected chi connectivity index (χ0v) is 20.0. The first-order valence-corrected chi connectivity index (χ1v) is 11.3. The molecule has 162 valence electrons. The second kappa shape index (κ2) is 9.65. The van der Waals surface area contributed by atoms with E-state index in [0.717, 1.165) is 14.8 Å². The number of carbonyl (C=O) groups is 2. The van der Waals surface area contributed by atoms with Crippen molar-refractivity contribution in [3.05, 3.63) is 50.6 Å². The van der Waals surface area contributed by atoms with Gasteiger partial charge < -0.3 is 14.4 Å². The second-order valence-corrected chi connectivity index (χ2v) is 9.66. The van der Waals surface area contributed by atoms with Crippen molar-refractivity contribution in [1.82, 2.24) is 14.5 Å². The molecular weight excluding hydrogens is 521 g/mol. The molecule has 0 aliphatic carbocycles. The predicted molar refractivity (Wildman–Crippen MR) is 121 cm³/mol. The molecule has 7 nitrogen and oxygen atoms in total. The predicted octanol–water partition coefficient (Wildman–Crippen LogP) is 3.80. The summed E-state index contributed by atoms with van der Waals surface area (Å²) in [7, 11) is 0. The molecule has 1 aromatic carbocycles. The van der Waals surface area contributed by atoms with Crippen LogP contribution in [-0.2, 0) is 27.3 Å². The fourth-order valence-corrected chi connectivity index (χ4v) is 5.07. The number of imidazole rings is 1. The van der Waals surface area contributed by atoms with E-state index in [0.29, 0.717) is 18.0 Å². The summed E-state index contributed by atoms with van der Waals surface area (Å²) in [6.07, 6.45) is 3.53. The summed E-state index contributed by atoms with van der Waals surface area (Å²) in [5.41, 5.74) is 1.77. The molecule has 0 bridgehead atoms. The summed E-state index contributed by atoms with van der Waals surface area (Å²) in [6.45, 7) is 6.26. The smallest absolute Gasteiger partial charge is 0.325 e. The molecule has 30 heavy (non-hydrogen) atoms. The highest BCUT2D eigenvalue weighted by Gasteiger charge is 2.46. The minimum Gasteiger partial charge on any atom is -0.480 e. The van der Waals surface area contributed by atoms with Gasteiger partial charge in [0, 0.05) is 33.4 Å².